The minimum atomic E-state index is -0.0324. The van der Waals surface area contributed by atoms with Gasteiger partial charge in [-0.05, 0) is 30.5 Å². The molecule has 0 atom stereocenters. The average Bonchev–Trinajstić information content (AvgIpc) is 2.74. The molecule has 4 nitrogen and oxygen atoms in total. The molecule has 3 N–H and O–H groups in total. The van der Waals surface area contributed by atoms with Crippen LogP contribution in [0.3, 0.4) is 0 Å². The number of nitrogens with two attached hydrogens (primary N) is 1. The third kappa shape index (κ3) is 4.85. The van der Waals surface area contributed by atoms with Crippen LogP contribution in [0.25, 0.3) is 0 Å². The molecule has 0 heterocycles. The normalized spacial score (nSPS) is 16.4. The van der Waals surface area contributed by atoms with Crippen molar-refractivity contribution in [3.05, 3.63) is 29.8 Å². The van der Waals surface area contributed by atoms with Crippen LogP contribution in [0, 0.1) is 0 Å². The largest absolute Gasteiger partial charge is 0.484 e. The molecule has 1 saturated carbocycles. The van der Waals surface area contributed by atoms with Crippen molar-refractivity contribution in [1.29, 1.82) is 0 Å². The summed E-state index contributed by atoms with van der Waals surface area (Å²) < 4.78 is 5.52. The summed E-state index contributed by atoms with van der Waals surface area (Å²) >= 11 is 0. The van der Waals surface area contributed by atoms with Gasteiger partial charge in [0.1, 0.15) is 5.75 Å². The highest BCUT2D eigenvalue weighted by atomic mass is 16.5. The second-order valence-electron chi connectivity index (χ2n) is 5.40. The second-order valence-corrected chi connectivity index (χ2v) is 5.40. The number of hydrogen-bond acceptors (Lipinski definition) is 3. The lowest BCUT2D eigenvalue weighted by Gasteiger charge is -2.16. The molecule has 1 aromatic rings. The number of carbonyl (C=O) groups is 1. The minimum absolute atomic E-state index is 0.0324. The first-order valence-corrected chi connectivity index (χ1v) is 7.49. The third-order valence-corrected chi connectivity index (χ3v) is 3.72. The van der Waals surface area contributed by atoms with E-state index in [-0.39, 0.29) is 12.5 Å². The van der Waals surface area contributed by atoms with Crippen LogP contribution in [0.15, 0.2) is 24.3 Å². The number of benzene rings is 1. The highest BCUT2D eigenvalue weighted by molar-refractivity contribution is 5.77. The van der Waals surface area contributed by atoms with Crippen molar-refractivity contribution in [3.8, 4) is 5.75 Å². The summed E-state index contributed by atoms with van der Waals surface area (Å²) in [4.78, 5) is 11.9. The summed E-state index contributed by atoms with van der Waals surface area (Å²) in [6, 6.07) is 7.87. The van der Waals surface area contributed by atoms with Gasteiger partial charge in [0.2, 0.25) is 0 Å². The van der Waals surface area contributed by atoms with Crippen molar-refractivity contribution >= 4 is 5.91 Å². The van der Waals surface area contributed by atoms with Crippen molar-refractivity contribution in [2.45, 2.75) is 51.1 Å². The Kier molecular flexibility index (Phi) is 5.87. The Labute approximate surface area is 120 Å². The Morgan fingerprint density at radius 1 is 1.25 bits per heavy atom. The van der Waals surface area contributed by atoms with Crippen LogP contribution in [0.2, 0.25) is 0 Å². The molecule has 2 rings (SSSR count). The summed E-state index contributed by atoms with van der Waals surface area (Å²) in [6.45, 7) is 0.552. The highest BCUT2D eigenvalue weighted by Crippen LogP contribution is 2.17. The Morgan fingerprint density at radius 3 is 2.70 bits per heavy atom. The molecule has 0 aromatic heterocycles. The molecule has 1 fully saturated rings. The van der Waals surface area contributed by atoms with Crippen molar-refractivity contribution in [2.75, 3.05) is 6.61 Å². The van der Waals surface area contributed by atoms with E-state index >= 15 is 0 Å². The fourth-order valence-electron chi connectivity index (χ4n) is 2.60. The van der Waals surface area contributed by atoms with E-state index in [1.54, 1.807) is 0 Å². The molecule has 110 valence electrons. The van der Waals surface area contributed by atoms with Crippen LogP contribution in [-0.2, 0) is 11.3 Å². The third-order valence-electron chi connectivity index (χ3n) is 3.72. The van der Waals surface area contributed by atoms with Gasteiger partial charge >= 0.3 is 0 Å². The first-order chi connectivity index (χ1) is 9.78. The van der Waals surface area contributed by atoms with Crippen molar-refractivity contribution in [2.24, 2.45) is 5.73 Å². The SMILES string of the molecule is NCc1cccc(OCC(=O)NC2CCCCCC2)c1. The van der Waals surface area contributed by atoms with Gasteiger partial charge in [-0.3, -0.25) is 4.79 Å². The molecule has 1 aliphatic carbocycles. The standard InChI is InChI=1S/C16H24N2O2/c17-11-13-6-5-9-15(10-13)20-12-16(19)18-14-7-3-1-2-4-8-14/h5-6,9-10,14H,1-4,7-8,11-12,17H2,(H,18,19). The summed E-state index contributed by atoms with van der Waals surface area (Å²) in [5.74, 6) is 0.666. The first kappa shape index (κ1) is 14.9. The van der Waals surface area contributed by atoms with Gasteiger partial charge in [0.25, 0.3) is 5.91 Å². The van der Waals surface area contributed by atoms with E-state index < -0.39 is 0 Å². The van der Waals surface area contributed by atoms with Gasteiger partial charge in [-0.15, -0.1) is 0 Å². The van der Waals surface area contributed by atoms with E-state index in [0.717, 1.165) is 18.4 Å². The topological polar surface area (TPSA) is 64.3 Å². The Morgan fingerprint density at radius 2 is 2.00 bits per heavy atom. The quantitative estimate of drug-likeness (QED) is 0.811. The van der Waals surface area contributed by atoms with Gasteiger partial charge in [-0.25, -0.2) is 0 Å². The number of rotatable bonds is 5. The predicted molar refractivity (Wildman–Crippen MR) is 79.5 cm³/mol. The highest BCUT2D eigenvalue weighted by Gasteiger charge is 2.14. The number of amides is 1. The van der Waals surface area contributed by atoms with Crippen LogP contribution in [0.4, 0.5) is 0 Å². The number of ether oxygens (including phenoxy) is 1. The number of carbonyl (C=O) groups excluding carboxylic acids is 1. The van der Waals surface area contributed by atoms with Crippen molar-refractivity contribution in [1.82, 2.24) is 5.32 Å². The molecule has 1 aromatic carbocycles. The van der Waals surface area contributed by atoms with Crippen LogP contribution < -0.4 is 15.8 Å². The lowest BCUT2D eigenvalue weighted by molar-refractivity contribution is -0.123. The zero-order valence-corrected chi connectivity index (χ0v) is 11.9. The molecule has 0 unspecified atom stereocenters. The molecule has 0 radical (unpaired) electrons. The molecule has 0 spiro atoms. The fourth-order valence-corrected chi connectivity index (χ4v) is 2.60. The minimum Gasteiger partial charge on any atom is -0.484 e. The predicted octanol–water partition coefficient (Wildman–Crippen LogP) is 2.36. The van der Waals surface area contributed by atoms with Crippen LogP contribution >= 0.6 is 0 Å². The lowest BCUT2D eigenvalue weighted by Crippen LogP contribution is -2.37. The van der Waals surface area contributed by atoms with Crippen molar-refractivity contribution in [3.63, 3.8) is 0 Å². The van der Waals surface area contributed by atoms with Crippen LogP contribution in [0.1, 0.15) is 44.1 Å². The van der Waals surface area contributed by atoms with Gasteiger partial charge in [-0.2, -0.15) is 0 Å². The van der Waals surface area contributed by atoms with Crippen LogP contribution in [0.5, 0.6) is 5.75 Å². The first-order valence-electron chi connectivity index (χ1n) is 7.49. The van der Waals surface area contributed by atoms with Gasteiger partial charge in [0.15, 0.2) is 6.61 Å². The molecule has 20 heavy (non-hydrogen) atoms. The molecule has 4 heteroatoms. The molecule has 0 aliphatic heterocycles. The fraction of sp³-hybridized carbons (Fsp3) is 0.562. The average molecular weight is 276 g/mol. The molecule has 1 amide bonds. The monoisotopic (exact) mass is 276 g/mol. The second kappa shape index (κ2) is 7.90. The van der Waals surface area contributed by atoms with E-state index in [1.807, 2.05) is 24.3 Å². The molecule has 0 saturated heterocycles. The van der Waals surface area contributed by atoms with Gasteiger partial charge < -0.3 is 15.8 Å². The van der Waals surface area contributed by atoms with E-state index in [9.17, 15) is 4.79 Å². The smallest absolute Gasteiger partial charge is 0.258 e. The summed E-state index contributed by atoms with van der Waals surface area (Å²) in [7, 11) is 0. The molecule has 1 aliphatic rings. The Bertz CT molecular complexity index is 426. The van der Waals surface area contributed by atoms with E-state index in [2.05, 4.69) is 5.32 Å². The van der Waals surface area contributed by atoms with Crippen molar-refractivity contribution < 1.29 is 9.53 Å². The maximum Gasteiger partial charge on any atom is 0.258 e. The number of nitrogens with one attached hydrogen (secondary N) is 1. The summed E-state index contributed by atoms with van der Waals surface area (Å²) in [5.41, 5.74) is 6.58. The van der Waals surface area contributed by atoms with E-state index in [0.29, 0.717) is 18.3 Å². The number of hydrogen-bond donors (Lipinski definition) is 2. The maximum absolute atomic E-state index is 11.9. The van der Waals surface area contributed by atoms with E-state index in [1.165, 1.54) is 25.7 Å². The maximum atomic E-state index is 11.9. The molecule has 0 bridgehead atoms. The Balaban J connectivity index is 1.76. The van der Waals surface area contributed by atoms with E-state index in [4.69, 9.17) is 10.5 Å². The summed E-state index contributed by atoms with van der Waals surface area (Å²) in [6.07, 6.45) is 7.18. The zero-order valence-electron chi connectivity index (χ0n) is 11.9. The van der Waals surface area contributed by atoms with Gasteiger partial charge in [-0.1, -0.05) is 37.8 Å². The lowest BCUT2D eigenvalue weighted by atomic mass is 10.1. The molecular weight excluding hydrogens is 252 g/mol. The van der Waals surface area contributed by atoms with Crippen LogP contribution in [-0.4, -0.2) is 18.6 Å². The van der Waals surface area contributed by atoms with Gasteiger partial charge in [0, 0.05) is 12.6 Å². The van der Waals surface area contributed by atoms with Gasteiger partial charge in [0.05, 0.1) is 0 Å². The summed E-state index contributed by atoms with van der Waals surface area (Å²) in [5, 5.41) is 3.07. The Hall–Kier alpha value is -1.55. The molecular formula is C16H24N2O2. The zero-order chi connectivity index (χ0) is 14.2.